The van der Waals surface area contributed by atoms with E-state index in [4.69, 9.17) is 16.7 Å². The summed E-state index contributed by atoms with van der Waals surface area (Å²) in [5.41, 5.74) is -0.671. The van der Waals surface area contributed by atoms with Crippen LogP contribution >= 0.6 is 11.6 Å². The van der Waals surface area contributed by atoms with Gasteiger partial charge in [-0.05, 0) is 18.2 Å². The minimum Gasteiger partial charge on any atom is -0.395 e. The molecule has 0 saturated heterocycles. The number of hydrogen-bond acceptors (Lipinski definition) is 1. The van der Waals surface area contributed by atoms with Crippen LogP contribution in [0.5, 0.6) is 0 Å². The molecule has 1 rings (SSSR count). The molecule has 0 radical (unpaired) electrons. The third-order valence-corrected chi connectivity index (χ3v) is 2.07. The normalized spacial score (nSPS) is 10.8. The number of aliphatic hydroxyl groups is 1. The fourth-order valence-corrected chi connectivity index (χ4v) is 1.27. The van der Waals surface area contributed by atoms with Gasteiger partial charge in [-0.2, -0.15) is 13.2 Å². The van der Waals surface area contributed by atoms with Crippen molar-refractivity contribution in [3.63, 3.8) is 0 Å². The van der Waals surface area contributed by atoms with E-state index in [1.54, 1.807) is 0 Å². The highest BCUT2D eigenvalue weighted by molar-refractivity contribution is 6.31. The standard InChI is InChI=1S/C11H8ClF3O/c12-10-5-4-8(3-1-2-6-16)7-9(10)11(13,14)15/h4-5,7,16H,2,6H2. The van der Waals surface area contributed by atoms with Gasteiger partial charge in [0.05, 0.1) is 17.2 Å². The van der Waals surface area contributed by atoms with Crippen LogP contribution in [-0.4, -0.2) is 11.7 Å². The summed E-state index contributed by atoms with van der Waals surface area (Å²) in [6.45, 7) is -0.118. The predicted molar refractivity (Wildman–Crippen MR) is 55.0 cm³/mol. The number of benzene rings is 1. The van der Waals surface area contributed by atoms with Gasteiger partial charge in [0, 0.05) is 12.0 Å². The van der Waals surface area contributed by atoms with Gasteiger partial charge in [-0.3, -0.25) is 0 Å². The molecule has 86 valence electrons. The largest absolute Gasteiger partial charge is 0.417 e. The summed E-state index contributed by atoms with van der Waals surface area (Å²) in [4.78, 5) is 0. The second-order valence-electron chi connectivity index (χ2n) is 2.97. The predicted octanol–water partition coefficient (Wildman–Crippen LogP) is 3.09. The number of aliphatic hydroxyl groups excluding tert-OH is 1. The molecular formula is C11H8ClF3O. The van der Waals surface area contributed by atoms with E-state index < -0.39 is 11.7 Å². The molecule has 0 amide bonds. The van der Waals surface area contributed by atoms with Crippen molar-refractivity contribution in [3.05, 3.63) is 34.3 Å². The van der Waals surface area contributed by atoms with E-state index in [9.17, 15) is 13.2 Å². The van der Waals surface area contributed by atoms with Gasteiger partial charge in [-0.15, -0.1) is 0 Å². The van der Waals surface area contributed by atoms with Crippen molar-refractivity contribution >= 4 is 11.6 Å². The molecule has 1 aromatic rings. The van der Waals surface area contributed by atoms with E-state index in [1.165, 1.54) is 6.07 Å². The summed E-state index contributed by atoms with van der Waals surface area (Å²) >= 11 is 5.43. The van der Waals surface area contributed by atoms with Crippen molar-refractivity contribution in [2.75, 3.05) is 6.61 Å². The van der Waals surface area contributed by atoms with Gasteiger partial charge in [0.1, 0.15) is 0 Å². The monoisotopic (exact) mass is 248 g/mol. The van der Waals surface area contributed by atoms with Crippen molar-refractivity contribution in [1.29, 1.82) is 0 Å². The first-order valence-electron chi connectivity index (χ1n) is 4.41. The Morgan fingerprint density at radius 3 is 2.56 bits per heavy atom. The van der Waals surface area contributed by atoms with Gasteiger partial charge in [0.25, 0.3) is 0 Å². The number of hydrogen-bond donors (Lipinski definition) is 1. The van der Waals surface area contributed by atoms with Crippen LogP contribution in [0.15, 0.2) is 18.2 Å². The van der Waals surface area contributed by atoms with Crippen molar-refractivity contribution in [2.45, 2.75) is 12.6 Å². The lowest BCUT2D eigenvalue weighted by molar-refractivity contribution is -0.137. The average Bonchev–Trinajstić information content (AvgIpc) is 2.19. The summed E-state index contributed by atoms with van der Waals surface area (Å²) in [7, 11) is 0. The van der Waals surface area contributed by atoms with E-state index in [2.05, 4.69) is 11.8 Å². The first-order chi connectivity index (χ1) is 7.45. The maximum atomic E-state index is 12.4. The van der Waals surface area contributed by atoms with E-state index in [1.807, 2.05) is 0 Å². The maximum Gasteiger partial charge on any atom is 0.417 e. The van der Waals surface area contributed by atoms with Crippen LogP contribution in [-0.2, 0) is 6.18 Å². The summed E-state index contributed by atoms with van der Waals surface area (Å²) < 4.78 is 37.3. The van der Waals surface area contributed by atoms with Crippen LogP contribution in [0.3, 0.4) is 0 Å². The van der Waals surface area contributed by atoms with Gasteiger partial charge in [0.2, 0.25) is 0 Å². The van der Waals surface area contributed by atoms with Crippen molar-refractivity contribution in [1.82, 2.24) is 0 Å². The Bertz CT molecular complexity index is 429. The quantitative estimate of drug-likeness (QED) is 0.758. The highest BCUT2D eigenvalue weighted by atomic mass is 35.5. The molecule has 16 heavy (non-hydrogen) atoms. The van der Waals surface area contributed by atoms with Crippen molar-refractivity contribution in [3.8, 4) is 11.8 Å². The molecule has 1 N–H and O–H groups in total. The second kappa shape index (κ2) is 5.24. The van der Waals surface area contributed by atoms with Gasteiger partial charge in [0.15, 0.2) is 0 Å². The zero-order chi connectivity index (χ0) is 12.2. The molecule has 0 aromatic heterocycles. The second-order valence-corrected chi connectivity index (χ2v) is 3.37. The number of alkyl halides is 3. The average molecular weight is 249 g/mol. The van der Waals surface area contributed by atoms with E-state index in [0.717, 1.165) is 12.1 Å². The van der Waals surface area contributed by atoms with Gasteiger partial charge in [-0.25, -0.2) is 0 Å². The fourth-order valence-electron chi connectivity index (χ4n) is 1.04. The van der Waals surface area contributed by atoms with E-state index in [0.29, 0.717) is 0 Å². The molecule has 0 saturated carbocycles. The third-order valence-electron chi connectivity index (χ3n) is 1.74. The molecule has 0 aliphatic rings. The lowest BCUT2D eigenvalue weighted by Crippen LogP contribution is -2.06. The third kappa shape index (κ3) is 3.44. The molecule has 0 aliphatic heterocycles. The smallest absolute Gasteiger partial charge is 0.395 e. The Balaban J connectivity index is 3.05. The molecule has 0 spiro atoms. The molecule has 0 bridgehead atoms. The molecule has 0 fully saturated rings. The Morgan fingerprint density at radius 1 is 1.31 bits per heavy atom. The van der Waals surface area contributed by atoms with Crippen LogP contribution in [0.2, 0.25) is 5.02 Å². The first kappa shape index (κ1) is 12.9. The van der Waals surface area contributed by atoms with Gasteiger partial charge >= 0.3 is 6.18 Å². The summed E-state index contributed by atoms with van der Waals surface area (Å²) in [5.74, 6) is 5.06. The van der Waals surface area contributed by atoms with Crippen LogP contribution in [0.4, 0.5) is 13.2 Å². The van der Waals surface area contributed by atoms with Gasteiger partial charge in [-0.1, -0.05) is 23.4 Å². The highest BCUT2D eigenvalue weighted by Gasteiger charge is 2.33. The number of halogens is 4. The fraction of sp³-hybridized carbons (Fsp3) is 0.273. The minimum absolute atomic E-state index is 0.118. The molecule has 0 aliphatic carbocycles. The lowest BCUT2D eigenvalue weighted by atomic mass is 10.1. The zero-order valence-corrected chi connectivity index (χ0v) is 8.86. The number of rotatable bonds is 1. The summed E-state index contributed by atoms with van der Waals surface area (Å²) in [5, 5.41) is 8.12. The van der Waals surface area contributed by atoms with Crippen LogP contribution in [0, 0.1) is 11.8 Å². The minimum atomic E-state index is -4.48. The highest BCUT2D eigenvalue weighted by Crippen LogP contribution is 2.34. The van der Waals surface area contributed by atoms with Crippen LogP contribution < -0.4 is 0 Å². The molecular weight excluding hydrogens is 241 g/mol. The van der Waals surface area contributed by atoms with Crippen molar-refractivity contribution < 1.29 is 18.3 Å². The molecule has 0 heterocycles. The van der Waals surface area contributed by atoms with Crippen LogP contribution in [0.1, 0.15) is 17.5 Å². The molecule has 1 nitrogen and oxygen atoms in total. The Morgan fingerprint density at radius 2 is 2.00 bits per heavy atom. The molecule has 0 unspecified atom stereocenters. The van der Waals surface area contributed by atoms with E-state index >= 15 is 0 Å². The topological polar surface area (TPSA) is 20.2 Å². The summed E-state index contributed by atoms with van der Waals surface area (Å²) in [6.07, 6.45) is -4.25. The van der Waals surface area contributed by atoms with Crippen LogP contribution in [0.25, 0.3) is 0 Å². The Labute approximate surface area is 95.8 Å². The molecule has 0 atom stereocenters. The van der Waals surface area contributed by atoms with E-state index in [-0.39, 0.29) is 23.6 Å². The maximum absolute atomic E-state index is 12.4. The molecule has 5 heteroatoms. The lowest BCUT2D eigenvalue weighted by Gasteiger charge is -2.08. The zero-order valence-electron chi connectivity index (χ0n) is 8.11. The Kier molecular flexibility index (Phi) is 4.22. The Hall–Kier alpha value is -1.18. The SMILES string of the molecule is OCCC#Cc1ccc(Cl)c(C(F)(F)F)c1. The van der Waals surface area contributed by atoms with Gasteiger partial charge < -0.3 is 5.11 Å². The van der Waals surface area contributed by atoms with Crippen molar-refractivity contribution in [2.24, 2.45) is 0 Å². The first-order valence-corrected chi connectivity index (χ1v) is 4.79. The summed E-state index contributed by atoms with van der Waals surface area (Å²) in [6, 6.07) is 3.46. The molecule has 1 aromatic carbocycles.